The number of rotatable bonds is 7. The number of nitrogens with one attached hydrogen (secondary N) is 1. The van der Waals surface area contributed by atoms with Crippen LogP contribution in [0.2, 0.25) is 0 Å². The predicted molar refractivity (Wildman–Crippen MR) is 92.9 cm³/mol. The van der Waals surface area contributed by atoms with Crippen LogP contribution >= 0.6 is 0 Å². The number of pyridine rings is 1. The number of aryl methyl sites for hydroxylation is 1. The van der Waals surface area contributed by atoms with Gasteiger partial charge in [-0.05, 0) is 37.5 Å². The normalized spacial score (nSPS) is 13.3. The topological polar surface area (TPSA) is 68.0 Å². The van der Waals surface area contributed by atoms with Crippen LogP contribution in [0.5, 0.6) is 0 Å². The average molecular weight is 311 g/mol. The predicted octanol–water partition coefficient (Wildman–Crippen LogP) is 2.92. The largest absolute Gasteiger partial charge is 0.346 e. The fourth-order valence-electron chi connectivity index (χ4n) is 2.49. The monoisotopic (exact) mass is 311 g/mol. The molecule has 1 heterocycles. The molecule has 23 heavy (non-hydrogen) atoms. The lowest BCUT2D eigenvalue weighted by molar-refractivity contribution is -0.123. The SMILES string of the molecule is CCCC(N)C(=O)NC(Cc1ccc(C)cc1)c1ccccn1. The first kappa shape index (κ1) is 17.2. The Kier molecular flexibility index (Phi) is 6.29. The van der Waals surface area contributed by atoms with E-state index in [0.29, 0.717) is 12.8 Å². The number of hydrogen-bond acceptors (Lipinski definition) is 3. The van der Waals surface area contributed by atoms with Crippen LogP contribution in [-0.2, 0) is 11.2 Å². The van der Waals surface area contributed by atoms with Gasteiger partial charge in [0.25, 0.3) is 0 Å². The van der Waals surface area contributed by atoms with Crippen molar-refractivity contribution < 1.29 is 4.79 Å². The second-order valence-corrected chi connectivity index (χ2v) is 5.90. The van der Waals surface area contributed by atoms with E-state index in [0.717, 1.165) is 17.7 Å². The number of hydrogen-bond donors (Lipinski definition) is 2. The first-order valence-corrected chi connectivity index (χ1v) is 8.12. The van der Waals surface area contributed by atoms with Crippen molar-refractivity contribution in [2.45, 2.75) is 45.2 Å². The number of nitrogens with two attached hydrogens (primary N) is 1. The summed E-state index contributed by atoms with van der Waals surface area (Å²) in [5.41, 5.74) is 9.17. The van der Waals surface area contributed by atoms with Gasteiger partial charge in [0, 0.05) is 6.20 Å². The second-order valence-electron chi connectivity index (χ2n) is 5.90. The van der Waals surface area contributed by atoms with E-state index in [1.807, 2.05) is 25.1 Å². The molecule has 122 valence electrons. The molecule has 0 radical (unpaired) electrons. The molecule has 0 spiro atoms. The minimum absolute atomic E-state index is 0.116. The summed E-state index contributed by atoms with van der Waals surface area (Å²) >= 11 is 0. The zero-order valence-corrected chi connectivity index (χ0v) is 13.8. The zero-order valence-electron chi connectivity index (χ0n) is 13.8. The summed E-state index contributed by atoms with van der Waals surface area (Å²) in [5.74, 6) is -0.116. The van der Waals surface area contributed by atoms with Gasteiger partial charge in [0.2, 0.25) is 5.91 Å². The van der Waals surface area contributed by atoms with E-state index in [2.05, 4.69) is 41.5 Å². The van der Waals surface area contributed by atoms with Gasteiger partial charge >= 0.3 is 0 Å². The number of nitrogens with zero attached hydrogens (tertiary/aromatic N) is 1. The highest BCUT2D eigenvalue weighted by Gasteiger charge is 2.20. The van der Waals surface area contributed by atoms with Gasteiger partial charge in [0.05, 0.1) is 17.8 Å². The Morgan fingerprint density at radius 2 is 1.96 bits per heavy atom. The molecule has 0 fully saturated rings. The quantitative estimate of drug-likeness (QED) is 0.826. The summed E-state index contributed by atoms with van der Waals surface area (Å²) in [4.78, 5) is 16.7. The molecule has 0 bridgehead atoms. The van der Waals surface area contributed by atoms with E-state index in [-0.39, 0.29) is 11.9 Å². The van der Waals surface area contributed by atoms with Gasteiger partial charge in [-0.15, -0.1) is 0 Å². The summed E-state index contributed by atoms with van der Waals surface area (Å²) in [5, 5.41) is 3.05. The number of carbonyl (C=O) groups excluding carboxylic acids is 1. The van der Waals surface area contributed by atoms with Crippen molar-refractivity contribution in [1.82, 2.24) is 10.3 Å². The first-order valence-electron chi connectivity index (χ1n) is 8.12. The van der Waals surface area contributed by atoms with Crippen molar-refractivity contribution in [1.29, 1.82) is 0 Å². The van der Waals surface area contributed by atoms with Crippen LogP contribution in [-0.4, -0.2) is 16.9 Å². The van der Waals surface area contributed by atoms with E-state index >= 15 is 0 Å². The van der Waals surface area contributed by atoms with Gasteiger partial charge in [0.15, 0.2) is 0 Å². The fraction of sp³-hybridized carbons (Fsp3) is 0.368. The highest BCUT2D eigenvalue weighted by Crippen LogP contribution is 2.17. The number of aromatic nitrogens is 1. The van der Waals surface area contributed by atoms with Crippen LogP contribution < -0.4 is 11.1 Å². The Bertz CT molecular complexity index is 610. The molecule has 1 aromatic heterocycles. The summed E-state index contributed by atoms with van der Waals surface area (Å²) in [6.07, 6.45) is 4.02. The van der Waals surface area contributed by atoms with Gasteiger partial charge in [-0.1, -0.05) is 49.2 Å². The van der Waals surface area contributed by atoms with Crippen molar-refractivity contribution in [2.24, 2.45) is 5.73 Å². The third-order valence-corrected chi connectivity index (χ3v) is 3.86. The molecule has 0 aliphatic carbocycles. The smallest absolute Gasteiger partial charge is 0.237 e. The molecule has 2 rings (SSSR count). The summed E-state index contributed by atoms with van der Waals surface area (Å²) in [7, 11) is 0. The molecule has 2 aromatic rings. The molecule has 4 nitrogen and oxygen atoms in total. The Morgan fingerprint density at radius 1 is 1.22 bits per heavy atom. The summed E-state index contributed by atoms with van der Waals surface area (Å²) in [6, 6.07) is 13.4. The maximum absolute atomic E-state index is 12.3. The molecule has 2 atom stereocenters. The lowest BCUT2D eigenvalue weighted by atomic mass is 10.0. The second kappa shape index (κ2) is 8.44. The van der Waals surface area contributed by atoms with Crippen LogP contribution in [0.3, 0.4) is 0 Å². The summed E-state index contributed by atoms with van der Waals surface area (Å²) in [6.45, 7) is 4.08. The van der Waals surface area contributed by atoms with Crippen LogP contribution in [0.15, 0.2) is 48.7 Å². The van der Waals surface area contributed by atoms with Gasteiger partial charge in [-0.2, -0.15) is 0 Å². The zero-order chi connectivity index (χ0) is 16.7. The van der Waals surface area contributed by atoms with E-state index in [1.165, 1.54) is 5.56 Å². The Labute approximate surface area is 138 Å². The Morgan fingerprint density at radius 3 is 2.57 bits per heavy atom. The third-order valence-electron chi connectivity index (χ3n) is 3.86. The van der Waals surface area contributed by atoms with E-state index in [9.17, 15) is 4.79 Å². The van der Waals surface area contributed by atoms with Crippen LogP contribution in [0.1, 0.15) is 42.6 Å². The van der Waals surface area contributed by atoms with Gasteiger partial charge in [0.1, 0.15) is 0 Å². The maximum atomic E-state index is 12.3. The van der Waals surface area contributed by atoms with E-state index in [4.69, 9.17) is 5.73 Å². The van der Waals surface area contributed by atoms with Gasteiger partial charge < -0.3 is 11.1 Å². The minimum atomic E-state index is -0.468. The van der Waals surface area contributed by atoms with Crippen molar-refractivity contribution in [2.75, 3.05) is 0 Å². The number of carbonyl (C=O) groups is 1. The lowest BCUT2D eigenvalue weighted by Crippen LogP contribution is -2.42. The maximum Gasteiger partial charge on any atom is 0.237 e. The van der Waals surface area contributed by atoms with Crippen molar-refractivity contribution in [3.8, 4) is 0 Å². The molecular formula is C19H25N3O. The Balaban J connectivity index is 2.15. The molecule has 0 saturated heterocycles. The van der Waals surface area contributed by atoms with Crippen molar-refractivity contribution >= 4 is 5.91 Å². The van der Waals surface area contributed by atoms with Crippen LogP contribution in [0.25, 0.3) is 0 Å². The van der Waals surface area contributed by atoms with Crippen molar-refractivity contribution in [3.05, 3.63) is 65.5 Å². The van der Waals surface area contributed by atoms with Crippen LogP contribution in [0.4, 0.5) is 0 Å². The molecule has 0 saturated carbocycles. The number of amides is 1. The van der Waals surface area contributed by atoms with Gasteiger partial charge in [-0.25, -0.2) is 0 Å². The molecule has 0 aliphatic heterocycles. The highest BCUT2D eigenvalue weighted by atomic mass is 16.2. The fourth-order valence-corrected chi connectivity index (χ4v) is 2.49. The Hall–Kier alpha value is -2.20. The average Bonchev–Trinajstić information content (AvgIpc) is 2.57. The molecule has 1 amide bonds. The van der Waals surface area contributed by atoms with Gasteiger partial charge in [-0.3, -0.25) is 9.78 Å². The van der Waals surface area contributed by atoms with E-state index < -0.39 is 6.04 Å². The number of benzene rings is 1. The van der Waals surface area contributed by atoms with Crippen LogP contribution in [0, 0.1) is 6.92 Å². The molecule has 4 heteroatoms. The lowest BCUT2D eigenvalue weighted by Gasteiger charge is -2.21. The highest BCUT2D eigenvalue weighted by molar-refractivity contribution is 5.81. The van der Waals surface area contributed by atoms with E-state index in [1.54, 1.807) is 6.20 Å². The van der Waals surface area contributed by atoms with Crippen molar-refractivity contribution in [3.63, 3.8) is 0 Å². The summed E-state index contributed by atoms with van der Waals surface area (Å²) < 4.78 is 0. The molecule has 2 unspecified atom stereocenters. The minimum Gasteiger partial charge on any atom is -0.346 e. The first-order chi connectivity index (χ1) is 11.1. The molecule has 1 aromatic carbocycles. The third kappa shape index (κ3) is 5.18. The molecule has 3 N–H and O–H groups in total. The molecular weight excluding hydrogens is 286 g/mol. The molecule has 0 aliphatic rings. The standard InChI is InChI=1S/C19H25N3O/c1-3-6-16(20)19(23)22-18(17-7-4-5-12-21-17)13-15-10-8-14(2)9-11-15/h4-5,7-12,16,18H,3,6,13,20H2,1-2H3,(H,22,23).